The molecule has 0 aromatic rings. The van der Waals surface area contributed by atoms with E-state index in [0.717, 1.165) is 6.42 Å². The van der Waals surface area contributed by atoms with E-state index in [2.05, 4.69) is 14.8 Å². The van der Waals surface area contributed by atoms with E-state index >= 15 is 0 Å². The zero-order valence-corrected chi connectivity index (χ0v) is 15.3. The van der Waals surface area contributed by atoms with Crippen molar-refractivity contribution >= 4 is 22.1 Å². The second kappa shape index (κ2) is 9.71. The summed E-state index contributed by atoms with van der Waals surface area (Å²) in [7, 11) is -2.39. The first kappa shape index (κ1) is 21.6. The SMILES string of the molecule is CCCCS(=O)(=O)N[C@@H](CCNC(=O)OC(C)(C)C)C(=O)OC. The van der Waals surface area contributed by atoms with Gasteiger partial charge < -0.3 is 14.8 Å². The number of alkyl carbamates (subject to hydrolysis) is 1. The summed E-state index contributed by atoms with van der Waals surface area (Å²) in [5.74, 6) is -0.757. The number of ether oxygens (including phenoxy) is 2. The number of esters is 1. The van der Waals surface area contributed by atoms with Gasteiger partial charge in [-0.2, -0.15) is 0 Å². The van der Waals surface area contributed by atoms with Crippen LogP contribution in [-0.4, -0.2) is 51.5 Å². The first-order valence-corrected chi connectivity index (χ1v) is 9.20. The van der Waals surface area contributed by atoms with Gasteiger partial charge >= 0.3 is 12.1 Å². The maximum atomic E-state index is 11.9. The molecule has 0 aliphatic heterocycles. The van der Waals surface area contributed by atoms with Crippen LogP contribution in [0.2, 0.25) is 0 Å². The lowest BCUT2D eigenvalue weighted by molar-refractivity contribution is -0.142. The highest BCUT2D eigenvalue weighted by molar-refractivity contribution is 7.89. The minimum absolute atomic E-state index is 0.0590. The van der Waals surface area contributed by atoms with Gasteiger partial charge in [-0.1, -0.05) is 13.3 Å². The number of sulfonamides is 1. The van der Waals surface area contributed by atoms with Crippen LogP contribution in [0.3, 0.4) is 0 Å². The van der Waals surface area contributed by atoms with Crippen LogP contribution in [0.15, 0.2) is 0 Å². The molecule has 0 saturated carbocycles. The van der Waals surface area contributed by atoms with Gasteiger partial charge in [0.1, 0.15) is 11.6 Å². The summed E-state index contributed by atoms with van der Waals surface area (Å²) in [6, 6.07) is -1.04. The quantitative estimate of drug-likeness (QED) is 0.603. The van der Waals surface area contributed by atoms with Crippen molar-refractivity contribution in [2.24, 2.45) is 0 Å². The van der Waals surface area contributed by atoms with Crippen LogP contribution >= 0.6 is 0 Å². The van der Waals surface area contributed by atoms with Crippen molar-refractivity contribution in [3.63, 3.8) is 0 Å². The Kier molecular flexibility index (Phi) is 9.14. The average molecular weight is 352 g/mol. The van der Waals surface area contributed by atoms with E-state index in [1.165, 1.54) is 7.11 Å². The van der Waals surface area contributed by atoms with Crippen molar-refractivity contribution in [2.45, 2.75) is 58.6 Å². The van der Waals surface area contributed by atoms with Crippen LogP contribution in [-0.2, 0) is 24.3 Å². The summed E-state index contributed by atoms with van der Waals surface area (Å²) in [5, 5.41) is 2.47. The second-order valence-corrected chi connectivity index (χ2v) is 7.96. The minimum atomic E-state index is -3.57. The van der Waals surface area contributed by atoms with Gasteiger partial charge in [0, 0.05) is 6.54 Å². The predicted molar refractivity (Wildman–Crippen MR) is 86.5 cm³/mol. The van der Waals surface area contributed by atoms with Gasteiger partial charge in [0.25, 0.3) is 0 Å². The van der Waals surface area contributed by atoms with Crippen molar-refractivity contribution in [3.8, 4) is 0 Å². The molecule has 1 amide bonds. The Morgan fingerprint density at radius 3 is 2.30 bits per heavy atom. The molecule has 0 fully saturated rings. The standard InChI is InChI=1S/C14H28N2O6S/c1-6-7-10-23(19,20)16-11(12(17)21-5)8-9-15-13(18)22-14(2,3)4/h11,16H,6-10H2,1-5H3,(H,15,18)/t11-/m0/s1. The highest BCUT2D eigenvalue weighted by atomic mass is 32.2. The number of carbonyl (C=O) groups excluding carboxylic acids is 2. The van der Waals surface area contributed by atoms with E-state index < -0.39 is 33.7 Å². The molecule has 0 rings (SSSR count). The first-order chi connectivity index (χ1) is 10.5. The summed E-state index contributed by atoms with van der Waals surface area (Å²) in [5.41, 5.74) is -0.631. The van der Waals surface area contributed by atoms with Crippen molar-refractivity contribution in [3.05, 3.63) is 0 Å². The fraction of sp³-hybridized carbons (Fsp3) is 0.857. The zero-order chi connectivity index (χ0) is 18.1. The van der Waals surface area contributed by atoms with Crippen LogP contribution in [0.1, 0.15) is 47.0 Å². The molecule has 0 aliphatic rings. The number of carbonyl (C=O) groups is 2. The Morgan fingerprint density at radius 1 is 1.22 bits per heavy atom. The van der Waals surface area contributed by atoms with E-state index in [9.17, 15) is 18.0 Å². The van der Waals surface area contributed by atoms with Crippen LogP contribution in [0.4, 0.5) is 4.79 Å². The van der Waals surface area contributed by atoms with Crippen molar-refractivity contribution in [2.75, 3.05) is 19.4 Å². The molecule has 0 aliphatic carbocycles. The van der Waals surface area contributed by atoms with E-state index in [1.807, 2.05) is 6.92 Å². The van der Waals surface area contributed by atoms with Gasteiger partial charge in [0.2, 0.25) is 10.0 Å². The minimum Gasteiger partial charge on any atom is -0.468 e. The lowest BCUT2D eigenvalue weighted by atomic mass is 10.2. The third-order valence-electron chi connectivity index (χ3n) is 2.68. The van der Waals surface area contributed by atoms with Gasteiger partial charge in [0.05, 0.1) is 12.9 Å². The molecule has 9 heteroatoms. The normalized spacial score (nSPS) is 13.3. The zero-order valence-electron chi connectivity index (χ0n) is 14.5. The summed E-state index contributed by atoms with van der Waals surface area (Å²) < 4.78 is 35.7. The number of methoxy groups -OCH3 is 1. The summed E-state index contributed by atoms with van der Waals surface area (Å²) in [6.45, 7) is 7.13. The topological polar surface area (TPSA) is 111 Å². The van der Waals surface area contributed by atoms with Gasteiger partial charge in [-0.3, -0.25) is 4.79 Å². The lowest BCUT2D eigenvalue weighted by Gasteiger charge is -2.20. The number of hydrogen-bond donors (Lipinski definition) is 2. The molecule has 0 saturated heterocycles. The number of unbranched alkanes of at least 4 members (excludes halogenated alkanes) is 1. The Bertz CT molecular complexity index is 484. The maximum absolute atomic E-state index is 11.9. The number of amides is 1. The summed E-state index contributed by atoms with van der Waals surface area (Å²) >= 11 is 0. The molecule has 0 aromatic heterocycles. The van der Waals surface area contributed by atoms with E-state index in [1.54, 1.807) is 20.8 Å². The van der Waals surface area contributed by atoms with Gasteiger partial charge in [-0.15, -0.1) is 0 Å². The van der Waals surface area contributed by atoms with Crippen LogP contribution in [0.25, 0.3) is 0 Å². The Morgan fingerprint density at radius 2 is 1.83 bits per heavy atom. The van der Waals surface area contributed by atoms with Crippen molar-refractivity contribution < 1.29 is 27.5 Å². The highest BCUT2D eigenvalue weighted by Gasteiger charge is 2.25. The second-order valence-electron chi connectivity index (χ2n) is 6.08. The van der Waals surface area contributed by atoms with Crippen molar-refractivity contribution in [1.82, 2.24) is 10.0 Å². The lowest BCUT2D eigenvalue weighted by Crippen LogP contribution is -2.44. The van der Waals surface area contributed by atoms with Gasteiger partial charge in [-0.25, -0.2) is 17.9 Å². The fourth-order valence-electron chi connectivity index (χ4n) is 1.61. The van der Waals surface area contributed by atoms with Crippen LogP contribution < -0.4 is 10.0 Å². The van der Waals surface area contributed by atoms with Gasteiger partial charge in [-0.05, 0) is 33.6 Å². The largest absolute Gasteiger partial charge is 0.468 e. The fourth-order valence-corrected chi connectivity index (χ4v) is 3.04. The van der Waals surface area contributed by atoms with Gasteiger partial charge in [0.15, 0.2) is 0 Å². The maximum Gasteiger partial charge on any atom is 0.407 e. The predicted octanol–water partition coefficient (Wildman–Crippen LogP) is 1.16. The van der Waals surface area contributed by atoms with Crippen molar-refractivity contribution in [1.29, 1.82) is 0 Å². The molecule has 0 spiro atoms. The molecular formula is C14H28N2O6S. The average Bonchev–Trinajstić information content (AvgIpc) is 2.41. The molecule has 0 unspecified atom stereocenters. The summed E-state index contributed by atoms with van der Waals surface area (Å²) in [6.07, 6.45) is 0.663. The smallest absolute Gasteiger partial charge is 0.407 e. The summed E-state index contributed by atoms with van der Waals surface area (Å²) in [4.78, 5) is 23.2. The molecule has 0 bridgehead atoms. The third kappa shape index (κ3) is 10.9. The Labute approximate surface area is 138 Å². The first-order valence-electron chi connectivity index (χ1n) is 7.55. The molecule has 0 heterocycles. The third-order valence-corrected chi connectivity index (χ3v) is 4.15. The molecule has 136 valence electrons. The van der Waals surface area contributed by atoms with E-state index in [4.69, 9.17) is 4.74 Å². The molecule has 2 N–H and O–H groups in total. The van der Waals surface area contributed by atoms with E-state index in [-0.39, 0.29) is 18.7 Å². The van der Waals surface area contributed by atoms with Crippen LogP contribution in [0.5, 0.6) is 0 Å². The highest BCUT2D eigenvalue weighted by Crippen LogP contribution is 2.06. The Hall–Kier alpha value is -1.35. The molecule has 1 atom stereocenters. The molecule has 23 heavy (non-hydrogen) atoms. The Balaban J connectivity index is 4.53. The molecular weight excluding hydrogens is 324 g/mol. The monoisotopic (exact) mass is 352 g/mol. The number of rotatable bonds is 9. The number of nitrogens with one attached hydrogen (secondary N) is 2. The van der Waals surface area contributed by atoms with E-state index in [0.29, 0.717) is 6.42 Å². The molecule has 0 radical (unpaired) electrons. The molecule has 8 nitrogen and oxygen atoms in total. The van der Waals surface area contributed by atoms with Crippen LogP contribution in [0, 0.1) is 0 Å². The molecule has 0 aromatic carbocycles. The number of hydrogen-bond acceptors (Lipinski definition) is 6.